The topological polar surface area (TPSA) is 93.9 Å². The fraction of sp³-hybridized carbons (Fsp3) is 0.318. The molecule has 0 unspecified atom stereocenters. The summed E-state index contributed by atoms with van der Waals surface area (Å²) in [6.45, 7) is 0.891. The first-order valence-corrected chi connectivity index (χ1v) is 9.64. The number of carbonyl (C=O) groups is 1. The summed E-state index contributed by atoms with van der Waals surface area (Å²) in [5.74, 6) is -0.275. The molecule has 2 aliphatic heterocycles. The van der Waals surface area contributed by atoms with Crippen LogP contribution in [0.3, 0.4) is 0 Å². The largest absolute Gasteiger partial charge is 0.508 e. The quantitative estimate of drug-likeness (QED) is 0.519. The van der Waals surface area contributed by atoms with Crippen molar-refractivity contribution < 1.29 is 19.4 Å². The van der Waals surface area contributed by atoms with E-state index in [0.717, 1.165) is 22.0 Å². The molecular weight excluding hydrogens is 386 g/mol. The van der Waals surface area contributed by atoms with E-state index in [-0.39, 0.29) is 17.9 Å². The Kier molecular flexibility index (Phi) is 4.16. The molecule has 0 spiro atoms. The number of rotatable bonds is 3. The Balaban J connectivity index is 1.73. The molecule has 8 nitrogen and oxygen atoms in total. The number of benzene rings is 1. The lowest BCUT2D eigenvalue weighted by Crippen LogP contribution is -2.33. The van der Waals surface area contributed by atoms with Crippen LogP contribution in [0.4, 0.5) is 0 Å². The number of cyclic esters (lactones) is 1. The number of carbonyl (C=O) groups excluding carboxylic acids is 1. The van der Waals surface area contributed by atoms with Gasteiger partial charge in [0.05, 0.1) is 29.0 Å². The summed E-state index contributed by atoms with van der Waals surface area (Å²) in [6, 6.07) is 7.24. The van der Waals surface area contributed by atoms with Gasteiger partial charge in [0.2, 0.25) is 0 Å². The van der Waals surface area contributed by atoms with Crippen LogP contribution in [-0.4, -0.2) is 46.7 Å². The number of phenols is 1. The molecule has 1 atom stereocenters. The van der Waals surface area contributed by atoms with Gasteiger partial charge >= 0.3 is 5.97 Å². The highest BCUT2D eigenvalue weighted by molar-refractivity contribution is 5.88. The monoisotopic (exact) mass is 407 g/mol. The molecule has 0 bridgehead atoms. The third kappa shape index (κ3) is 2.64. The molecule has 8 heteroatoms. The number of aromatic hydroxyl groups is 1. The average molecular weight is 407 g/mol. The van der Waals surface area contributed by atoms with E-state index >= 15 is 0 Å². The highest BCUT2D eigenvalue weighted by atomic mass is 16.6. The van der Waals surface area contributed by atoms with Gasteiger partial charge in [0.25, 0.3) is 5.56 Å². The highest BCUT2D eigenvalue weighted by Gasteiger charge is 2.35. The molecule has 5 rings (SSSR count). The van der Waals surface area contributed by atoms with E-state index in [1.165, 1.54) is 7.11 Å². The van der Waals surface area contributed by atoms with Crippen molar-refractivity contribution in [1.82, 2.24) is 14.5 Å². The molecule has 0 radical (unpaired) electrons. The predicted molar refractivity (Wildman–Crippen MR) is 109 cm³/mol. The zero-order valence-electron chi connectivity index (χ0n) is 16.9. The number of ether oxygens (including phenoxy) is 2. The lowest BCUT2D eigenvalue weighted by Gasteiger charge is -2.24. The van der Waals surface area contributed by atoms with Crippen molar-refractivity contribution in [2.45, 2.75) is 25.8 Å². The molecule has 3 aromatic rings. The second-order valence-corrected chi connectivity index (χ2v) is 7.94. The SMILES string of the molecule is CO[C@@H]1C(=O)OCc2c1cc1n(c2=O)Cc2cc3c(CN(C)C)c(O)ccc3nc2-1. The minimum Gasteiger partial charge on any atom is -0.508 e. The Bertz CT molecular complexity index is 1280. The van der Waals surface area contributed by atoms with E-state index in [4.69, 9.17) is 14.5 Å². The maximum absolute atomic E-state index is 13.1. The molecule has 0 fully saturated rings. The molecule has 0 amide bonds. The first-order valence-electron chi connectivity index (χ1n) is 9.64. The van der Waals surface area contributed by atoms with Crippen molar-refractivity contribution in [1.29, 1.82) is 0 Å². The fourth-order valence-corrected chi connectivity index (χ4v) is 4.34. The summed E-state index contributed by atoms with van der Waals surface area (Å²) in [6.07, 6.45) is -0.916. The van der Waals surface area contributed by atoms with E-state index in [1.807, 2.05) is 31.1 Å². The van der Waals surface area contributed by atoms with Crippen molar-refractivity contribution in [3.05, 3.63) is 56.9 Å². The summed E-state index contributed by atoms with van der Waals surface area (Å²) >= 11 is 0. The lowest BCUT2D eigenvalue weighted by molar-refractivity contribution is -0.159. The number of hydrogen-bond donors (Lipinski definition) is 1. The molecule has 0 aliphatic carbocycles. The minimum atomic E-state index is -0.916. The second kappa shape index (κ2) is 6.65. The van der Waals surface area contributed by atoms with Gasteiger partial charge in [0.1, 0.15) is 12.4 Å². The number of nitrogens with zero attached hydrogens (tertiary/aromatic N) is 3. The number of methoxy groups -OCH3 is 1. The van der Waals surface area contributed by atoms with Gasteiger partial charge in [-0.3, -0.25) is 4.79 Å². The summed E-state index contributed by atoms with van der Waals surface area (Å²) < 4.78 is 12.1. The normalized spacial score (nSPS) is 17.1. The number of pyridine rings is 2. The van der Waals surface area contributed by atoms with Crippen LogP contribution in [0, 0.1) is 0 Å². The molecule has 30 heavy (non-hydrogen) atoms. The Morgan fingerprint density at radius 2 is 2.10 bits per heavy atom. The smallest absolute Gasteiger partial charge is 0.340 e. The molecule has 1 aromatic carbocycles. The second-order valence-electron chi connectivity index (χ2n) is 7.94. The summed E-state index contributed by atoms with van der Waals surface area (Å²) in [5, 5.41) is 11.2. The fourth-order valence-electron chi connectivity index (χ4n) is 4.34. The van der Waals surface area contributed by atoms with Gasteiger partial charge in [0.15, 0.2) is 6.10 Å². The minimum absolute atomic E-state index is 0.0558. The number of hydrogen-bond acceptors (Lipinski definition) is 7. The number of phenolic OH excluding ortho intramolecular Hbond substituents is 1. The average Bonchev–Trinajstić information content (AvgIpc) is 3.07. The molecule has 2 aromatic heterocycles. The maximum Gasteiger partial charge on any atom is 0.340 e. The summed E-state index contributed by atoms with van der Waals surface area (Å²) in [4.78, 5) is 32.0. The van der Waals surface area contributed by atoms with Crippen LogP contribution in [0.15, 0.2) is 29.1 Å². The Hall–Kier alpha value is -3.23. The van der Waals surface area contributed by atoms with Crippen LogP contribution in [0.5, 0.6) is 5.75 Å². The van der Waals surface area contributed by atoms with E-state index in [2.05, 4.69) is 0 Å². The van der Waals surface area contributed by atoms with Gasteiger partial charge in [0, 0.05) is 35.7 Å². The van der Waals surface area contributed by atoms with Crippen molar-refractivity contribution in [2.24, 2.45) is 0 Å². The van der Waals surface area contributed by atoms with Crippen molar-refractivity contribution in [3.8, 4) is 17.1 Å². The zero-order chi connectivity index (χ0) is 21.2. The van der Waals surface area contributed by atoms with Gasteiger partial charge in [-0.05, 0) is 38.4 Å². The molecule has 1 N–H and O–H groups in total. The molecule has 0 saturated carbocycles. The highest BCUT2D eigenvalue weighted by Crippen LogP contribution is 2.37. The van der Waals surface area contributed by atoms with Gasteiger partial charge in [-0.1, -0.05) is 0 Å². The van der Waals surface area contributed by atoms with Crippen LogP contribution >= 0.6 is 0 Å². The van der Waals surface area contributed by atoms with Crippen LogP contribution < -0.4 is 5.56 Å². The molecule has 2 aliphatic rings. The van der Waals surface area contributed by atoms with Gasteiger partial charge in [-0.2, -0.15) is 0 Å². The molecule has 154 valence electrons. The van der Waals surface area contributed by atoms with E-state index in [9.17, 15) is 14.7 Å². The van der Waals surface area contributed by atoms with Crippen LogP contribution in [-0.2, 0) is 34.0 Å². The Labute approximate surface area is 172 Å². The Morgan fingerprint density at radius 1 is 1.30 bits per heavy atom. The summed E-state index contributed by atoms with van der Waals surface area (Å²) in [7, 11) is 5.30. The van der Waals surface area contributed by atoms with Crippen LogP contribution in [0.1, 0.15) is 28.4 Å². The molecular formula is C22H21N3O5. The van der Waals surface area contributed by atoms with Crippen molar-refractivity contribution in [2.75, 3.05) is 21.2 Å². The standard InChI is InChI=1S/C22H21N3O5/c1-24(2)9-14-12-6-11-8-25-17(19(11)23-16(12)4-5-18(14)26)7-13-15(21(25)27)10-30-22(28)20(13)29-3/h4-7,20,26H,8-10H2,1-3H3/t20-/m0/s1. The summed E-state index contributed by atoms with van der Waals surface area (Å²) in [5.41, 5.74) is 4.59. The first kappa shape index (κ1) is 18.8. The van der Waals surface area contributed by atoms with Crippen LogP contribution in [0.25, 0.3) is 22.3 Å². The van der Waals surface area contributed by atoms with E-state index in [1.54, 1.807) is 16.7 Å². The van der Waals surface area contributed by atoms with Gasteiger partial charge in [-0.15, -0.1) is 0 Å². The number of esters is 1. The van der Waals surface area contributed by atoms with E-state index in [0.29, 0.717) is 35.6 Å². The molecule has 4 heterocycles. The predicted octanol–water partition coefficient (Wildman–Crippen LogP) is 1.94. The third-order valence-electron chi connectivity index (χ3n) is 5.74. The first-order chi connectivity index (χ1) is 14.4. The van der Waals surface area contributed by atoms with Gasteiger partial charge in [-0.25, -0.2) is 9.78 Å². The lowest BCUT2D eigenvalue weighted by atomic mass is 9.99. The molecule has 0 saturated heterocycles. The zero-order valence-corrected chi connectivity index (χ0v) is 16.9. The van der Waals surface area contributed by atoms with E-state index < -0.39 is 12.1 Å². The van der Waals surface area contributed by atoms with Crippen LogP contribution in [0.2, 0.25) is 0 Å². The Morgan fingerprint density at radius 3 is 2.83 bits per heavy atom. The van der Waals surface area contributed by atoms with Crippen molar-refractivity contribution >= 4 is 16.9 Å². The maximum atomic E-state index is 13.1. The number of fused-ring (bicyclic) bond motifs is 5. The van der Waals surface area contributed by atoms with Gasteiger partial charge < -0.3 is 24.0 Å². The third-order valence-corrected chi connectivity index (χ3v) is 5.74. The van der Waals surface area contributed by atoms with Crippen molar-refractivity contribution in [3.63, 3.8) is 0 Å². The number of aromatic nitrogens is 2.